The SMILES string of the molecule is CC(C)CNCc1cnc(N2CC(C)SC(C)C2)c(Cl)c1. The molecule has 2 atom stereocenters. The Kier molecular flexibility index (Phi) is 6.20. The predicted molar refractivity (Wildman–Crippen MR) is 94.5 cm³/mol. The molecule has 3 nitrogen and oxygen atoms in total. The molecule has 1 aliphatic rings. The lowest BCUT2D eigenvalue weighted by Gasteiger charge is -2.35. The van der Waals surface area contributed by atoms with E-state index in [-0.39, 0.29) is 0 Å². The summed E-state index contributed by atoms with van der Waals surface area (Å²) in [5, 5.41) is 5.44. The van der Waals surface area contributed by atoms with Crippen LogP contribution in [0, 0.1) is 5.92 Å². The number of nitrogens with zero attached hydrogens (tertiary/aromatic N) is 2. The summed E-state index contributed by atoms with van der Waals surface area (Å²) in [7, 11) is 0. The van der Waals surface area contributed by atoms with Crippen molar-refractivity contribution in [2.45, 2.75) is 44.7 Å². The van der Waals surface area contributed by atoms with E-state index in [1.165, 1.54) is 0 Å². The number of rotatable bonds is 5. The molecule has 1 fully saturated rings. The second-order valence-electron chi connectivity index (χ2n) is 6.34. The average molecular weight is 328 g/mol. The highest BCUT2D eigenvalue weighted by Gasteiger charge is 2.24. The van der Waals surface area contributed by atoms with Crippen LogP contribution in [0.3, 0.4) is 0 Å². The van der Waals surface area contributed by atoms with Gasteiger partial charge in [0.1, 0.15) is 5.82 Å². The molecule has 0 aromatic carbocycles. The van der Waals surface area contributed by atoms with Gasteiger partial charge in [0.15, 0.2) is 0 Å². The highest BCUT2D eigenvalue weighted by atomic mass is 35.5. The van der Waals surface area contributed by atoms with Crippen LogP contribution >= 0.6 is 23.4 Å². The number of thioether (sulfide) groups is 1. The van der Waals surface area contributed by atoms with Gasteiger partial charge in [0.25, 0.3) is 0 Å². The number of hydrogen-bond acceptors (Lipinski definition) is 4. The zero-order valence-corrected chi connectivity index (χ0v) is 15.0. The van der Waals surface area contributed by atoms with E-state index in [9.17, 15) is 0 Å². The molecule has 0 radical (unpaired) electrons. The third-order valence-electron chi connectivity index (χ3n) is 3.48. The van der Waals surface area contributed by atoms with E-state index < -0.39 is 0 Å². The minimum atomic E-state index is 0.624. The van der Waals surface area contributed by atoms with Gasteiger partial charge >= 0.3 is 0 Å². The van der Waals surface area contributed by atoms with Gasteiger partial charge in [-0.3, -0.25) is 0 Å². The largest absolute Gasteiger partial charge is 0.353 e. The fourth-order valence-electron chi connectivity index (χ4n) is 2.66. The maximum absolute atomic E-state index is 6.46. The Bertz CT molecular complexity index is 457. The lowest BCUT2D eigenvalue weighted by atomic mass is 10.2. The predicted octanol–water partition coefficient (Wildman–Crippen LogP) is 3.81. The number of aromatic nitrogens is 1. The fraction of sp³-hybridized carbons (Fsp3) is 0.688. The molecule has 1 saturated heterocycles. The summed E-state index contributed by atoms with van der Waals surface area (Å²) in [6.45, 7) is 12.8. The highest BCUT2D eigenvalue weighted by Crippen LogP contribution is 2.31. The van der Waals surface area contributed by atoms with Crippen molar-refractivity contribution in [2.75, 3.05) is 24.5 Å². The van der Waals surface area contributed by atoms with Crippen molar-refractivity contribution in [2.24, 2.45) is 5.92 Å². The lowest BCUT2D eigenvalue weighted by Crippen LogP contribution is -2.41. The Morgan fingerprint density at radius 1 is 1.38 bits per heavy atom. The van der Waals surface area contributed by atoms with Crippen LogP contribution in [0.2, 0.25) is 5.02 Å². The van der Waals surface area contributed by atoms with Crippen molar-refractivity contribution in [1.82, 2.24) is 10.3 Å². The summed E-state index contributed by atoms with van der Waals surface area (Å²) in [5.41, 5.74) is 1.15. The molecule has 2 heterocycles. The monoisotopic (exact) mass is 327 g/mol. The molecule has 2 rings (SSSR count). The minimum absolute atomic E-state index is 0.624. The van der Waals surface area contributed by atoms with E-state index in [1.807, 2.05) is 24.0 Å². The number of anilines is 1. The molecule has 0 aliphatic carbocycles. The molecule has 21 heavy (non-hydrogen) atoms. The van der Waals surface area contributed by atoms with Crippen LogP contribution in [-0.2, 0) is 6.54 Å². The summed E-state index contributed by atoms with van der Waals surface area (Å²) in [5.74, 6) is 1.59. The summed E-state index contributed by atoms with van der Waals surface area (Å²) >= 11 is 8.50. The van der Waals surface area contributed by atoms with Crippen LogP contribution in [0.4, 0.5) is 5.82 Å². The molecule has 118 valence electrons. The van der Waals surface area contributed by atoms with E-state index in [0.29, 0.717) is 16.4 Å². The maximum Gasteiger partial charge on any atom is 0.147 e. The van der Waals surface area contributed by atoms with Crippen molar-refractivity contribution in [3.63, 3.8) is 0 Å². The van der Waals surface area contributed by atoms with E-state index in [0.717, 1.165) is 42.6 Å². The molecule has 2 unspecified atom stereocenters. The van der Waals surface area contributed by atoms with Crippen LogP contribution in [0.25, 0.3) is 0 Å². The average Bonchev–Trinajstić information content (AvgIpc) is 2.37. The second-order valence-corrected chi connectivity index (χ2v) is 8.62. The van der Waals surface area contributed by atoms with Crippen molar-refractivity contribution >= 4 is 29.2 Å². The van der Waals surface area contributed by atoms with Crippen LogP contribution in [0.15, 0.2) is 12.3 Å². The first-order chi connectivity index (χ1) is 9.95. The topological polar surface area (TPSA) is 28.2 Å². The minimum Gasteiger partial charge on any atom is -0.353 e. The van der Waals surface area contributed by atoms with Gasteiger partial charge in [-0.15, -0.1) is 0 Å². The normalized spacial score (nSPS) is 22.9. The molecule has 1 aliphatic heterocycles. The summed E-state index contributed by atoms with van der Waals surface area (Å²) in [6, 6.07) is 2.05. The van der Waals surface area contributed by atoms with Crippen LogP contribution in [0.1, 0.15) is 33.3 Å². The first-order valence-electron chi connectivity index (χ1n) is 7.71. The lowest BCUT2D eigenvalue weighted by molar-refractivity contribution is 0.552. The van der Waals surface area contributed by atoms with Gasteiger partial charge in [-0.05, 0) is 24.1 Å². The summed E-state index contributed by atoms with van der Waals surface area (Å²) in [6.07, 6.45) is 1.95. The molecule has 0 amide bonds. The van der Waals surface area contributed by atoms with Crippen molar-refractivity contribution < 1.29 is 0 Å². The van der Waals surface area contributed by atoms with Gasteiger partial charge in [-0.25, -0.2) is 4.98 Å². The van der Waals surface area contributed by atoms with Gasteiger partial charge < -0.3 is 10.2 Å². The zero-order valence-electron chi connectivity index (χ0n) is 13.4. The Hall–Kier alpha value is -0.450. The number of hydrogen-bond donors (Lipinski definition) is 1. The van der Waals surface area contributed by atoms with Gasteiger partial charge in [-0.2, -0.15) is 11.8 Å². The first kappa shape index (κ1) is 16.9. The number of nitrogens with one attached hydrogen (secondary N) is 1. The smallest absolute Gasteiger partial charge is 0.147 e. The van der Waals surface area contributed by atoms with Crippen LogP contribution < -0.4 is 10.2 Å². The molecule has 0 bridgehead atoms. The molecular weight excluding hydrogens is 302 g/mol. The number of pyridine rings is 1. The molecular formula is C16H26ClN3S. The molecule has 1 aromatic rings. The highest BCUT2D eigenvalue weighted by molar-refractivity contribution is 8.00. The standard InChI is InChI=1S/C16H26ClN3S/c1-11(2)6-18-7-14-5-15(17)16(19-8-14)20-9-12(3)21-13(4)10-20/h5,8,11-13,18H,6-7,9-10H2,1-4H3. The van der Waals surface area contributed by atoms with Crippen molar-refractivity contribution in [3.05, 3.63) is 22.8 Å². The third-order valence-corrected chi connectivity index (χ3v) is 4.98. The Morgan fingerprint density at radius 3 is 2.62 bits per heavy atom. The quantitative estimate of drug-likeness (QED) is 0.890. The zero-order chi connectivity index (χ0) is 15.4. The van der Waals surface area contributed by atoms with Crippen molar-refractivity contribution in [3.8, 4) is 0 Å². The Balaban J connectivity index is 2.01. The molecule has 0 spiro atoms. The number of halogens is 1. The molecule has 5 heteroatoms. The van der Waals surface area contributed by atoms with Gasteiger partial charge in [0.05, 0.1) is 5.02 Å². The van der Waals surface area contributed by atoms with Gasteiger partial charge in [-0.1, -0.05) is 39.3 Å². The van der Waals surface area contributed by atoms with Gasteiger partial charge in [0.2, 0.25) is 0 Å². The van der Waals surface area contributed by atoms with Crippen LogP contribution in [0.5, 0.6) is 0 Å². The maximum atomic E-state index is 6.46. The van der Waals surface area contributed by atoms with E-state index >= 15 is 0 Å². The van der Waals surface area contributed by atoms with E-state index in [2.05, 4.69) is 42.9 Å². The van der Waals surface area contributed by atoms with Gasteiger partial charge in [0, 0.05) is 36.3 Å². The Morgan fingerprint density at radius 2 is 2.05 bits per heavy atom. The summed E-state index contributed by atoms with van der Waals surface area (Å²) < 4.78 is 0. The van der Waals surface area contributed by atoms with E-state index in [1.54, 1.807) is 0 Å². The van der Waals surface area contributed by atoms with E-state index in [4.69, 9.17) is 11.6 Å². The Labute approximate surface area is 137 Å². The van der Waals surface area contributed by atoms with Crippen molar-refractivity contribution in [1.29, 1.82) is 0 Å². The molecule has 1 aromatic heterocycles. The third kappa shape index (κ3) is 5.04. The second kappa shape index (κ2) is 7.70. The molecule has 1 N–H and O–H groups in total. The fourth-order valence-corrected chi connectivity index (χ4v) is 4.29. The molecule has 0 saturated carbocycles. The van der Waals surface area contributed by atoms with Crippen LogP contribution in [-0.4, -0.2) is 35.1 Å². The summed E-state index contributed by atoms with van der Waals surface area (Å²) in [4.78, 5) is 6.93. The first-order valence-corrected chi connectivity index (χ1v) is 9.03.